The lowest BCUT2D eigenvalue weighted by Crippen LogP contribution is -2.41. The summed E-state index contributed by atoms with van der Waals surface area (Å²) in [4.78, 5) is 15.3. The van der Waals surface area contributed by atoms with Gasteiger partial charge in [0.05, 0.1) is 5.25 Å². The second-order valence-corrected chi connectivity index (χ2v) is 8.67. The quantitative estimate of drug-likeness (QED) is 0.840. The zero-order valence-corrected chi connectivity index (χ0v) is 17.0. The summed E-state index contributed by atoms with van der Waals surface area (Å²) >= 11 is 1.81. The predicted molar refractivity (Wildman–Crippen MR) is 109 cm³/mol. The number of hydrogen-bond acceptors (Lipinski definition) is 3. The Morgan fingerprint density at radius 2 is 1.76 bits per heavy atom. The number of rotatable bonds is 5. The van der Waals surface area contributed by atoms with Crippen LogP contribution in [0.2, 0.25) is 0 Å². The molecule has 3 atom stereocenters. The summed E-state index contributed by atoms with van der Waals surface area (Å²) in [6.45, 7) is 8.52. The third-order valence-corrected chi connectivity index (χ3v) is 7.06. The lowest BCUT2D eigenvalue weighted by Gasteiger charge is -2.28. The molecule has 5 heteroatoms. The molecule has 3 nitrogen and oxygen atoms in total. The van der Waals surface area contributed by atoms with Crippen LogP contribution in [0.25, 0.3) is 0 Å². The van der Waals surface area contributed by atoms with Gasteiger partial charge in [-0.2, -0.15) is 0 Å². The fraction of sp³-hybridized carbons (Fsp3) is 0.650. The number of thioether (sulfide) groups is 1. The Morgan fingerprint density at radius 3 is 2.32 bits per heavy atom. The largest absolute Gasteiger partial charge is 0.342 e. The lowest BCUT2D eigenvalue weighted by atomic mass is 9.92. The fourth-order valence-corrected chi connectivity index (χ4v) is 5.17. The van der Waals surface area contributed by atoms with E-state index in [1.54, 1.807) is 0 Å². The number of fused-ring (bicyclic) bond motifs is 1. The number of carbonyl (C=O) groups excluding carboxylic acids is 1. The van der Waals surface area contributed by atoms with Crippen molar-refractivity contribution in [2.24, 2.45) is 17.8 Å². The van der Waals surface area contributed by atoms with Gasteiger partial charge in [-0.15, -0.1) is 24.2 Å². The van der Waals surface area contributed by atoms with E-state index in [1.165, 1.54) is 5.56 Å². The number of nitrogens with one attached hydrogen (secondary N) is 1. The molecule has 1 N–H and O–H groups in total. The summed E-state index contributed by atoms with van der Waals surface area (Å²) in [6, 6.07) is 10.5. The number of benzene rings is 1. The summed E-state index contributed by atoms with van der Waals surface area (Å²) in [5, 5.41) is 3.58. The van der Waals surface area contributed by atoms with E-state index in [9.17, 15) is 4.79 Å². The van der Waals surface area contributed by atoms with Gasteiger partial charge < -0.3 is 10.2 Å². The Labute approximate surface area is 162 Å². The average molecular weight is 383 g/mol. The SMILES string of the molecule is CC(C)C(SCc1ccccc1)C(=O)N1CC[C@@H]2CNC[C@@H]2CC1.Cl. The van der Waals surface area contributed by atoms with Crippen LogP contribution in [0.1, 0.15) is 32.3 Å². The molecule has 1 aromatic rings. The van der Waals surface area contributed by atoms with Gasteiger partial charge in [0.25, 0.3) is 0 Å². The van der Waals surface area contributed by atoms with E-state index < -0.39 is 0 Å². The number of nitrogens with zero attached hydrogens (tertiary/aromatic N) is 1. The Balaban J connectivity index is 0.00000225. The predicted octanol–water partition coefficient (Wildman–Crippen LogP) is 3.82. The average Bonchev–Trinajstić information content (AvgIpc) is 2.94. The van der Waals surface area contributed by atoms with E-state index in [0.29, 0.717) is 11.8 Å². The first-order valence-electron chi connectivity index (χ1n) is 9.30. The summed E-state index contributed by atoms with van der Waals surface area (Å²) in [7, 11) is 0. The minimum absolute atomic E-state index is 0. The summed E-state index contributed by atoms with van der Waals surface area (Å²) in [6.07, 6.45) is 2.33. The molecule has 140 valence electrons. The highest BCUT2D eigenvalue weighted by Crippen LogP contribution is 2.30. The molecule has 0 spiro atoms. The lowest BCUT2D eigenvalue weighted by molar-refractivity contribution is -0.131. The molecule has 2 aliphatic heterocycles. The molecule has 25 heavy (non-hydrogen) atoms. The van der Waals surface area contributed by atoms with Crippen LogP contribution in [0.15, 0.2) is 30.3 Å². The first kappa shape index (κ1) is 20.6. The van der Waals surface area contributed by atoms with Crippen molar-refractivity contribution in [3.63, 3.8) is 0 Å². The topological polar surface area (TPSA) is 32.3 Å². The van der Waals surface area contributed by atoms with Crippen LogP contribution in [-0.2, 0) is 10.5 Å². The molecule has 2 heterocycles. The highest BCUT2D eigenvalue weighted by atomic mass is 35.5. The molecule has 0 radical (unpaired) electrons. The molecule has 2 aliphatic rings. The molecule has 1 amide bonds. The van der Waals surface area contributed by atoms with Crippen LogP contribution in [0, 0.1) is 17.8 Å². The van der Waals surface area contributed by atoms with E-state index in [2.05, 4.69) is 48.3 Å². The van der Waals surface area contributed by atoms with Gasteiger partial charge in [-0.05, 0) is 49.2 Å². The Hall–Kier alpha value is -0.710. The molecule has 1 aromatic carbocycles. The van der Waals surface area contributed by atoms with E-state index in [-0.39, 0.29) is 17.7 Å². The Bertz CT molecular complexity index is 526. The second-order valence-electron chi connectivity index (χ2n) is 7.54. The van der Waals surface area contributed by atoms with Crippen LogP contribution < -0.4 is 5.32 Å². The maximum Gasteiger partial charge on any atom is 0.235 e. The zero-order chi connectivity index (χ0) is 16.9. The molecule has 2 fully saturated rings. The van der Waals surface area contributed by atoms with Crippen LogP contribution in [0.4, 0.5) is 0 Å². The molecular weight excluding hydrogens is 352 g/mol. The van der Waals surface area contributed by atoms with Crippen LogP contribution in [0.5, 0.6) is 0 Å². The zero-order valence-electron chi connectivity index (χ0n) is 15.3. The molecule has 3 rings (SSSR count). The van der Waals surface area contributed by atoms with Crippen LogP contribution >= 0.6 is 24.2 Å². The van der Waals surface area contributed by atoms with Gasteiger partial charge in [-0.25, -0.2) is 0 Å². The minimum atomic E-state index is 0. The van der Waals surface area contributed by atoms with Crippen LogP contribution in [0.3, 0.4) is 0 Å². The second kappa shape index (κ2) is 9.84. The van der Waals surface area contributed by atoms with Crippen molar-refractivity contribution in [1.82, 2.24) is 10.2 Å². The van der Waals surface area contributed by atoms with Gasteiger partial charge in [-0.3, -0.25) is 4.79 Å². The first-order valence-corrected chi connectivity index (χ1v) is 10.3. The third-order valence-electron chi connectivity index (χ3n) is 5.45. The normalized spacial score (nSPS) is 24.4. The highest BCUT2D eigenvalue weighted by Gasteiger charge is 2.34. The number of likely N-dealkylation sites (tertiary alicyclic amines) is 1. The fourth-order valence-electron chi connectivity index (χ4n) is 3.93. The highest BCUT2D eigenvalue weighted by molar-refractivity contribution is 7.99. The summed E-state index contributed by atoms with van der Waals surface area (Å²) in [5.74, 6) is 3.20. The number of halogens is 1. The molecule has 0 aliphatic carbocycles. The number of hydrogen-bond donors (Lipinski definition) is 1. The Kier molecular flexibility index (Phi) is 8.11. The van der Waals surface area contributed by atoms with E-state index in [1.807, 2.05) is 17.8 Å². The standard InChI is InChI=1S/C20H30N2OS.ClH/c1-15(2)19(24-14-16-6-4-3-5-7-16)20(23)22-10-8-17-12-21-13-18(17)9-11-22;/h3-7,15,17-19,21H,8-14H2,1-2H3;1H/t17-,18+,19?;. The van der Waals surface area contributed by atoms with E-state index in [4.69, 9.17) is 0 Å². The maximum absolute atomic E-state index is 13.1. The van der Waals surface area contributed by atoms with Gasteiger partial charge in [-0.1, -0.05) is 44.2 Å². The van der Waals surface area contributed by atoms with Crippen LogP contribution in [-0.4, -0.2) is 42.2 Å². The molecular formula is C20H31ClN2OS. The monoisotopic (exact) mass is 382 g/mol. The van der Waals surface area contributed by atoms with Crippen molar-refractivity contribution < 1.29 is 4.79 Å². The molecule has 0 bridgehead atoms. The maximum atomic E-state index is 13.1. The summed E-state index contributed by atoms with van der Waals surface area (Å²) < 4.78 is 0. The smallest absolute Gasteiger partial charge is 0.235 e. The van der Waals surface area contributed by atoms with E-state index in [0.717, 1.165) is 56.6 Å². The number of carbonyl (C=O) groups is 1. The van der Waals surface area contributed by atoms with Crippen molar-refractivity contribution in [3.8, 4) is 0 Å². The van der Waals surface area contributed by atoms with Gasteiger partial charge >= 0.3 is 0 Å². The Morgan fingerprint density at radius 1 is 1.16 bits per heavy atom. The third kappa shape index (κ3) is 5.38. The van der Waals surface area contributed by atoms with Gasteiger partial charge in [0.15, 0.2) is 0 Å². The van der Waals surface area contributed by atoms with Crippen molar-refractivity contribution in [1.29, 1.82) is 0 Å². The minimum Gasteiger partial charge on any atom is -0.342 e. The number of amides is 1. The first-order chi connectivity index (χ1) is 11.6. The molecule has 2 saturated heterocycles. The van der Waals surface area contributed by atoms with Gasteiger partial charge in [0.1, 0.15) is 0 Å². The summed E-state index contributed by atoms with van der Waals surface area (Å²) in [5.41, 5.74) is 1.30. The molecule has 0 saturated carbocycles. The van der Waals surface area contributed by atoms with Crippen molar-refractivity contribution in [2.75, 3.05) is 26.2 Å². The van der Waals surface area contributed by atoms with Crippen molar-refractivity contribution in [3.05, 3.63) is 35.9 Å². The molecule has 0 aromatic heterocycles. The van der Waals surface area contributed by atoms with Crippen molar-refractivity contribution >= 4 is 30.1 Å². The van der Waals surface area contributed by atoms with E-state index >= 15 is 0 Å². The van der Waals surface area contributed by atoms with Gasteiger partial charge in [0.2, 0.25) is 5.91 Å². The van der Waals surface area contributed by atoms with Crippen molar-refractivity contribution in [2.45, 2.75) is 37.7 Å². The van der Waals surface area contributed by atoms with Gasteiger partial charge in [0, 0.05) is 18.8 Å². The molecule has 1 unspecified atom stereocenters.